The van der Waals surface area contributed by atoms with E-state index in [1.807, 2.05) is 0 Å². The zero-order chi connectivity index (χ0) is 25.9. The molecule has 2 saturated heterocycles. The van der Waals surface area contributed by atoms with Gasteiger partial charge in [0.2, 0.25) is 11.4 Å². The number of esters is 2. The normalized spacial score (nSPS) is 25.0. The van der Waals surface area contributed by atoms with Gasteiger partial charge in [-0.2, -0.15) is 16.8 Å². The maximum atomic E-state index is 12.2. The van der Waals surface area contributed by atoms with Gasteiger partial charge in [0.1, 0.15) is 6.10 Å². The molecule has 0 spiro atoms. The molecular weight excluding hydrogens is 516 g/mol. The summed E-state index contributed by atoms with van der Waals surface area (Å²) in [5.74, 6) is -5.25. The third-order valence-corrected chi connectivity index (χ3v) is 9.72. The van der Waals surface area contributed by atoms with E-state index in [1.54, 1.807) is 0 Å². The van der Waals surface area contributed by atoms with Crippen molar-refractivity contribution < 1.29 is 44.6 Å². The summed E-state index contributed by atoms with van der Waals surface area (Å²) in [4.78, 5) is 28.4. The number of nitrogens with zero attached hydrogens (tertiary/aromatic N) is 2. The van der Waals surface area contributed by atoms with Gasteiger partial charge in [0.15, 0.2) is 0 Å². The van der Waals surface area contributed by atoms with E-state index >= 15 is 0 Å². The van der Waals surface area contributed by atoms with Gasteiger partial charge in [-0.3, -0.25) is 18.5 Å². The fourth-order valence-corrected chi connectivity index (χ4v) is 7.42. The molecule has 0 aromatic rings. The molecule has 2 aliphatic carbocycles. The second kappa shape index (κ2) is 11.6. The first kappa shape index (κ1) is 27.7. The molecule has 12 nitrogen and oxygen atoms in total. The number of hydrogen-bond acceptors (Lipinski definition) is 11. The van der Waals surface area contributed by atoms with Crippen LogP contribution in [0.1, 0.15) is 64.2 Å². The Morgan fingerprint density at radius 3 is 1.78 bits per heavy atom. The van der Waals surface area contributed by atoms with Crippen LogP contribution in [0.5, 0.6) is 0 Å². The van der Waals surface area contributed by atoms with Crippen molar-refractivity contribution in [3.8, 4) is 0 Å². The first-order chi connectivity index (χ1) is 17.0. The van der Waals surface area contributed by atoms with Gasteiger partial charge in [0, 0.05) is 44.2 Å². The Bertz CT molecular complexity index is 994. The summed E-state index contributed by atoms with van der Waals surface area (Å²) in [6, 6.07) is 0.767. The number of ether oxygens (including phenoxy) is 2. The van der Waals surface area contributed by atoms with E-state index in [-0.39, 0.29) is 0 Å². The molecule has 0 aromatic heterocycles. The molecule has 1 unspecified atom stereocenters. The monoisotopic (exact) mass is 552 g/mol. The number of likely N-dealkylation sites (tertiary alicyclic amines) is 2. The highest BCUT2D eigenvalue weighted by molar-refractivity contribution is 7.86. The number of carbonyl (C=O) groups excluding carboxylic acids is 2. The SMILES string of the molecule is O=C(OCS(=O)(=O)OC1CN(C2CCCCC2)C1)C(=O)OC(C1CN(C2CCCCC2)C1)S(=O)(=O)O. The van der Waals surface area contributed by atoms with Crippen LogP contribution in [0.4, 0.5) is 0 Å². The van der Waals surface area contributed by atoms with Gasteiger partial charge in [-0.1, -0.05) is 38.5 Å². The average molecular weight is 553 g/mol. The summed E-state index contributed by atoms with van der Waals surface area (Å²) in [7, 11) is -9.07. The van der Waals surface area contributed by atoms with E-state index in [9.17, 15) is 31.0 Å². The zero-order valence-electron chi connectivity index (χ0n) is 20.3. The summed E-state index contributed by atoms with van der Waals surface area (Å²) < 4.78 is 71.8. The highest BCUT2D eigenvalue weighted by atomic mass is 32.2. The minimum absolute atomic E-state index is 0.304. The largest absolute Gasteiger partial charge is 0.438 e. The average Bonchev–Trinajstić information content (AvgIpc) is 2.78. The van der Waals surface area contributed by atoms with Crippen LogP contribution in [0, 0.1) is 5.92 Å². The molecule has 2 aliphatic heterocycles. The molecule has 14 heteroatoms. The van der Waals surface area contributed by atoms with Crippen molar-refractivity contribution in [2.75, 3.05) is 32.1 Å². The second-order valence-electron chi connectivity index (χ2n) is 10.4. The van der Waals surface area contributed by atoms with Crippen LogP contribution in [-0.4, -0.2) is 98.9 Å². The fraction of sp³-hybridized carbons (Fsp3) is 0.909. The lowest BCUT2D eigenvalue weighted by atomic mass is 9.89. The molecule has 4 aliphatic rings. The van der Waals surface area contributed by atoms with E-state index in [4.69, 9.17) is 8.92 Å². The van der Waals surface area contributed by atoms with Gasteiger partial charge in [-0.25, -0.2) is 9.59 Å². The van der Waals surface area contributed by atoms with Crippen molar-refractivity contribution in [3.63, 3.8) is 0 Å². The van der Waals surface area contributed by atoms with Crippen LogP contribution in [0.2, 0.25) is 0 Å². The van der Waals surface area contributed by atoms with Gasteiger partial charge >= 0.3 is 32.2 Å². The maximum Gasteiger partial charge on any atom is 0.418 e. The minimum atomic E-state index is -4.80. The first-order valence-electron chi connectivity index (χ1n) is 12.7. The van der Waals surface area contributed by atoms with Crippen LogP contribution < -0.4 is 0 Å². The predicted molar refractivity (Wildman–Crippen MR) is 127 cm³/mol. The van der Waals surface area contributed by atoms with E-state index in [1.165, 1.54) is 12.8 Å². The second-order valence-corrected chi connectivity index (χ2v) is 13.4. The van der Waals surface area contributed by atoms with Crippen molar-refractivity contribution in [1.29, 1.82) is 0 Å². The van der Waals surface area contributed by atoms with Crippen molar-refractivity contribution in [3.05, 3.63) is 0 Å². The molecule has 4 fully saturated rings. The molecule has 1 atom stereocenters. The van der Waals surface area contributed by atoms with E-state index in [0.29, 0.717) is 38.3 Å². The molecule has 2 heterocycles. The van der Waals surface area contributed by atoms with Crippen molar-refractivity contribution in [2.24, 2.45) is 5.92 Å². The van der Waals surface area contributed by atoms with Gasteiger partial charge in [-0.15, -0.1) is 0 Å². The Morgan fingerprint density at radius 2 is 1.28 bits per heavy atom. The lowest BCUT2D eigenvalue weighted by molar-refractivity contribution is -0.170. The van der Waals surface area contributed by atoms with Gasteiger partial charge < -0.3 is 9.47 Å². The molecule has 0 radical (unpaired) electrons. The lowest BCUT2D eigenvalue weighted by Gasteiger charge is -2.47. The Morgan fingerprint density at radius 1 is 0.778 bits per heavy atom. The molecule has 0 bridgehead atoms. The molecular formula is C22H36N2O10S2. The summed E-state index contributed by atoms with van der Waals surface area (Å²) in [5.41, 5.74) is -1.93. The summed E-state index contributed by atoms with van der Waals surface area (Å²) in [5, 5.41) is 0. The molecule has 206 valence electrons. The summed E-state index contributed by atoms with van der Waals surface area (Å²) in [6.45, 7) is 1.54. The molecule has 0 aromatic carbocycles. The topological polar surface area (TPSA) is 157 Å². The Kier molecular flexibility index (Phi) is 8.93. The van der Waals surface area contributed by atoms with Crippen LogP contribution >= 0.6 is 0 Å². The Hall–Kier alpha value is -1.32. The van der Waals surface area contributed by atoms with Gasteiger partial charge in [0.05, 0.1) is 0 Å². The number of hydrogen-bond donors (Lipinski definition) is 1. The fourth-order valence-electron chi connectivity index (χ4n) is 5.71. The molecule has 4 rings (SSSR count). The van der Waals surface area contributed by atoms with E-state index in [2.05, 4.69) is 14.5 Å². The number of carbonyl (C=O) groups is 2. The maximum absolute atomic E-state index is 12.2. The molecule has 1 N–H and O–H groups in total. The lowest BCUT2D eigenvalue weighted by Crippen LogP contribution is -2.58. The first-order valence-corrected chi connectivity index (χ1v) is 15.8. The van der Waals surface area contributed by atoms with Gasteiger partial charge in [0.25, 0.3) is 0 Å². The Labute approximate surface area is 212 Å². The van der Waals surface area contributed by atoms with Crippen LogP contribution in [0.15, 0.2) is 0 Å². The van der Waals surface area contributed by atoms with Gasteiger partial charge in [-0.05, 0) is 25.7 Å². The quantitative estimate of drug-likeness (QED) is 0.187. The third-order valence-electron chi connectivity index (χ3n) is 7.68. The predicted octanol–water partition coefficient (Wildman–Crippen LogP) is 0.872. The van der Waals surface area contributed by atoms with E-state index in [0.717, 1.165) is 51.4 Å². The third kappa shape index (κ3) is 7.16. The smallest absolute Gasteiger partial charge is 0.418 e. The van der Waals surface area contributed by atoms with Crippen molar-refractivity contribution in [1.82, 2.24) is 9.80 Å². The highest BCUT2D eigenvalue weighted by Crippen LogP contribution is 2.32. The van der Waals surface area contributed by atoms with Crippen LogP contribution in [0.3, 0.4) is 0 Å². The minimum Gasteiger partial charge on any atom is -0.438 e. The highest BCUT2D eigenvalue weighted by Gasteiger charge is 2.46. The summed E-state index contributed by atoms with van der Waals surface area (Å²) in [6.07, 6.45) is 10.5. The standard InChI is InChI=1S/C22H36N2O10S2/c25-20(32-15-35(27,28)34-19-13-24(14-19)18-9-5-2-6-10-18)21(26)33-22(36(29,30)31)16-11-23(12-16)17-7-3-1-4-8-17/h16-19,22H,1-15H2,(H,29,30,31). The Balaban J connectivity index is 1.20. The number of rotatable bonds is 9. The van der Waals surface area contributed by atoms with Crippen LogP contribution in [0.25, 0.3) is 0 Å². The molecule has 0 amide bonds. The van der Waals surface area contributed by atoms with Crippen LogP contribution in [-0.2, 0) is 43.5 Å². The zero-order valence-corrected chi connectivity index (χ0v) is 22.0. The van der Waals surface area contributed by atoms with Crippen molar-refractivity contribution >= 4 is 32.2 Å². The van der Waals surface area contributed by atoms with E-state index < -0.39 is 55.6 Å². The van der Waals surface area contributed by atoms with Crippen molar-refractivity contribution in [2.45, 2.75) is 87.8 Å². The summed E-state index contributed by atoms with van der Waals surface area (Å²) >= 11 is 0. The molecule has 36 heavy (non-hydrogen) atoms. The molecule has 2 saturated carbocycles.